The standard InChI is InChI=1S/C16H26O3/c1-2-3-9-12-15(17)13-10-7-5-4-6-8-11-14-16(18)19/h10,13,15,17H,2-4,6,8-9,11-12,14H2,1H3,(H,18,19)/b13-10+/t15-/m1/s1. The average Bonchev–Trinajstić information content (AvgIpc) is 2.36. The van der Waals surface area contributed by atoms with Crippen LogP contribution in [0.15, 0.2) is 12.2 Å². The Balaban J connectivity index is 3.49. The summed E-state index contributed by atoms with van der Waals surface area (Å²) in [6, 6.07) is 0. The summed E-state index contributed by atoms with van der Waals surface area (Å²) in [5.74, 6) is 5.17. The van der Waals surface area contributed by atoms with E-state index in [1.807, 2.05) is 0 Å². The first-order valence-corrected chi connectivity index (χ1v) is 7.21. The lowest BCUT2D eigenvalue weighted by Crippen LogP contribution is -2.00. The second kappa shape index (κ2) is 13.2. The van der Waals surface area contributed by atoms with Crippen molar-refractivity contribution in [3.05, 3.63) is 12.2 Å². The minimum Gasteiger partial charge on any atom is -0.481 e. The van der Waals surface area contributed by atoms with Crippen LogP contribution in [0.2, 0.25) is 0 Å². The fraction of sp³-hybridized carbons (Fsp3) is 0.688. The van der Waals surface area contributed by atoms with Crippen molar-refractivity contribution in [1.82, 2.24) is 0 Å². The van der Waals surface area contributed by atoms with Crippen LogP contribution in [0.5, 0.6) is 0 Å². The smallest absolute Gasteiger partial charge is 0.303 e. The van der Waals surface area contributed by atoms with Crippen LogP contribution in [0.3, 0.4) is 0 Å². The lowest BCUT2D eigenvalue weighted by Gasteiger charge is -2.02. The minimum absolute atomic E-state index is 0.247. The van der Waals surface area contributed by atoms with Gasteiger partial charge in [-0.15, -0.1) is 0 Å². The first kappa shape index (κ1) is 17.7. The molecule has 0 aliphatic heterocycles. The monoisotopic (exact) mass is 266 g/mol. The first-order valence-electron chi connectivity index (χ1n) is 7.21. The SMILES string of the molecule is CCCCC[C@@H](O)/C=C/C#CCCCCCC(=O)O. The number of rotatable bonds is 10. The molecule has 0 bridgehead atoms. The van der Waals surface area contributed by atoms with E-state index < -0.39 is 5.97 Å². The molecule has 2 N–H and O–H groups in total. The van der Waals surface area contributed by atoms with Crippen molar-refractivity contribution >= 4 is 5.97 Å². The molecule has 0 fully saturated rings. The summed E-state index contributed by atoms with van der Waals surface area (Å²) in [5, 5.41) is 18.0. The van der Waals surface area contributed by atoms with E-state index in [4.69, 9.17) is 5.11 Å². The summed E-state index contributed by atoms with van der Waals surface area (Å²) in [7, 11) is 0. The molecule has 0 aromatic carbocycles. The maximum absolute atomic E-state index is 10.3. The molecule has 0 spiro atoms. The number of carbonyl (C=O) groups is 1. The van der Waals surface area contributed by atoms with Crippen molar-refractivity contribution in [2.24, 2.45) is 0 Å². The van der Waals surface area contributed by atoms with Crippen molar-refractivity contribution in [3.8, 4) is 11.8 Å². The van der Waals surface area contributed by atoms with Crippen LogP contribution in [0, 0.1) is 11.8 Å². The molecule has 0 aromatic rings. The van der Waals surface area contributed by atoms with Crippen LogP contribution in [0.1, 0.15) is 64.7 Å². The van der Waals surface area contributed by atoms with Crippen LogP contribution >= 0.6 is 0 Å². The Hall–Kier alpha value is -1.27. The molecule has 0 radical (unpaired) electrons. The van der Waals surface area contributed by atoms with E-state index in [1.165, 1.54) is 0 Å². The maximum atomic E-state index is 10.3. The van der Waals surface area contributed by atoms with Gasteiger partial charge in [0.05, 0.1) is 6.10 Å². The normalized spacial score (nSPS) is 12.1. The topological polar surface area (TPSA) is 57.5 Å². The number of carboxylic acid groups (broad SMARTS) is 1. The second-order valence-corrected chi connectivity index (χ2v) is 4.70. The van der Waals surface area contributed by atoms with E-state index in [0.29, 0.717) is 0 Å². The predicted octanol–water partition coefficient (Wildman–Crippen LogP) is 3.52. The zero-order valence-electron chi connectivity index (χ0n) is 11.9. The fourth-order valence-corrected chi connectivity index (χ4v) is 1.66. The third-order valence-corrected chi connectivity index (χ3v) is 2.80. The van der Waals surface area contributed by atoms with Crippen molar-refractivity contribution in [1.29, 1.82) is 0 Å². The van der Waals surface area contributed by atoms with Gasteiger partial charge in [0.2, 0.25) is 0 Å². The van der Waals surface area contributed by atoms with E-state index in [2.05, 4.69) is 18.8 Å². The summed E-state index contributed by atoms with van der Waals surface area (Å²) in [6.07, 6.45) is 10.9. The summed E-state index contributed by atoms with van der Waals surface area (Å²) in [5.41, 5.74) is 0. The maximum Gasteiger partial charge on any atom is 0.303 e. The third kappa shape index (κ3) is 14.7. The molecule has 0 rings (SSSR count). The van der Waals surface area contributed by atoms with Crippen LogP contribution in [-0.2, 0) is 4.79 Å². The van der Waals surface area contributed by atoms with Gasteiger partial charge < -0.3 is 10.2 Å². The molecule has 0 saturated carbocycles. The molecule has 1 atom stereocenters. The summed E-state index contributed by atoms with van der Waals surface area (Å²) in [6.45, 7) is 2.14. The summed E-state index contributed by atoms with van der Waals surface area (Å²) < 4.78 is 0. The molecule has 0 aliphatic rings. The number of aliphatic hydroxyl groups excluding tert-OH is 1. The molecular formula is C16H26O3. The molecule has 19 heavy (non-hydrogen) atoms. The lowest BCUT2D eigenvalue weighted by atomic mass is 10.1. The van der Waals surface area contributed by atoms with Gasteiger partial charge in [-0.3, -0.25) is 4.79 Å². The highest BCUT2D eigenvalue weighted by Gasteiger charge is 1.97. The van der Waals surface area contributed by atoms with Gasteiger partial charge in [-0.05, 0) is 31.4 Å². The number of unbranched alkanes of at least 4 members (excludes halogenated alkanes) is 5. The van der Waals surface area contributed by atoms with Gasteiger partial charge >= 0.3 is 5.97 Å². The number of carboxylic acids is 1. The van der Waals surface area contributed by atoms with Crippen LogP contribution in [0.4, 0.5) is 0 Å². The lowest BCUT2D eigenvalue weighted by molar-refractivity contribution is -0.137. The summed E-state index contributed by atoms with van der Waals surface area (Å²) >= 11 is 0. The van der Waals surface area contributed by atoms with E-state index in [0.717, 1.165) is 51.4 Å². The van der Waals surface area contributed by atoms with Gasteiger partial charge in [-0.2, -0.15) is 0 Å². The Morgan fingerprint density at radius 3 is 2.68 bits per heavy atom. The predicted molar refractivity (Wildman–Crippen MR) is 77.8 cm³/mol. The minimum atomic E-state index is -0.730. The molecule has 0 aliphatic carbocycles. The molecule has 0 saturated heterocycles. The Morgan fingerprint density at radius 1 is 1.21 bits per heavy atom. The molecule has 0 amide bonds. The van der Waals surface area contributed by atoms with Gasteiger partial charge in [-0.25, -0.2) is 0 Å². The Kier molecular flexibility index (Phi) is 12.3. The molecule has 3 heteroatoms. The number of hydrogen-bond acceptors (Lipinski definition) is 2. The Morgan fingerprint density at radius 2 is 2.00 bits per heavy atom. The highest BCUT2D eigenvalue weighted by molar-refractivity contribution is 5.66. The van der Waals surface area contributed by atoms with Crippen molar-refractivity contribution in [3.63, 3.8) is 0 Å². The van der Waals surface area contributed by atoms with Crippen molar-refractivity contribution in [2.45, 2.75) is 70.8 Å². The molecule has 0 unspecified atom stereocenters. The van der Waals surface area contributed by atoms with Gasteiger partial charge in [-0.1, -0.05) is 44.4 Å². The largest absolute Gasteiger partial charge is 0.481 e. The second-order valence-electron chi connectivity index (χ2n) is 4.70. The highest BCUT2D eigenvalue weighted by atomic mass is 16.4. The fourth-order valence-electron chi connectivity index (χ4n) is 1.66. The molecule has 0 heterocycles. The molecular weight excluding hydrogens is 240 g/mol. The Bertz CT molecular complexity index is 310. The van der Waals surface area contributed by atoms with Gasteiger partial charge in [0, 0.05) is 12.8 Å². The third-order valence-electron chi connectivity index (χ3n) is 2.80. The van der Waals surface area contributed by atoms with Crippen LogP contribution < -0.4 is 0 Å². The van der Waals surface area contributed by atoms with E-state index in [1.54, 1.807) is 12.2 Å². The highest BCUT2D eigenvalue weighted by Crippen LogP contribution is 2.04. The van der Waals surface area contributed by atoms with E-state index in [9.17, 15) is 9.90 Å². The van der Waals surface area contributed by atoms with E-state index >= 15 is 0 Å². The summed E-state index contributed by atoms with van der Waals surface area (Å²) in [4.78, 5) is 10.3. The van der Waals surface area contributed by atoms with Crippen LogP contribution in [-0.4, -0.2) is 22.3 Å². The van der Waals surface area contributed by atoms with Crippen LogP contribution in [0.25, 0.3) is 0 Å². The number of hydrogen-bond donors (Lipinski definition) is 2. The first-order chi connectivity index (χ1) is 9.16. The zero-order valence-corrected chi connectivity index (χ0v) is 11.9. The van der Waals surface area contributed by atoms with E-state index in [-0.39, 0.29) is 12.5 Å². The van der Waals surface area contributed by atoms with Gasteiger partial charge in [0.25, 0.3) is 0 Å². The zero-order chi connectivity index (χ0) is 14.3. The van der Waals surface area contributed by atoms with Crippen molar-refractivity contribution < 1.29 is 15.0 Å². The number of aliphatic carboxylic acids is 1. The van der Waals surface area contributed by atoms with Gasteiger partial charge in [0.1, 0.15) is 0 Å². The number of aliphatic hydroxyl groups is 1. The molecule has 3 nitrogen and oxygen atoms in total. The average molecular weight is 266 g/mol. The molecule has 108 valence electrons. The Labute approximate surface area is 116 Å². The number of allylic oxidation sites excluding steroid dienone is 1. The quantitative estimate of drug-likeness (QED) is 0.470. The van der Waals surface area contributed by atoms with Crippen molar-refractivity contribution in [2.75, 3.05) is 0 Å². The van der Waals surface area contributed by atoms with Gasteiger partial charge in [0.15, 0.2) is 0 Å². The molecule has 0 aromatic heterocycles.